The van der Waals surface area contributed by atoms with Gasteiger partial charge in [0, 0.05) is 0 Å². The van der Waals surface area contributed by atoms with Crippen LogP contribution in [0.15, 0.2) is 18.2 Å². The molecule has 0 atom stereocenters. The number of nitrogens with one attached hydrogen (secondary N) is 1. The first-order chi connectivity index (χ1) is 9.22. The normalized spacial score (nSPS) is 16.8. The van der Waals surface area contributed by atoms with Gasteiger partial charge in [-0.3, -0.25) is 4.90 Å². The van der Waals surface area contributed by atoms with Crippen molar-refractivity contribution >= 4 is 17.0 Å². The molecule has 19 heavy (non-hydrogen) atoms. The van der Waals surface area contributed by atoms with E-state index in [2.05, 4.69) is 14.9 Å². The molecule has 1 aliphatic heterocycles. The Bertz CT molecular complexity index is 600. The topological polar surface area (TPSA) is 69.2 Å². The van der Waals surface area contributed by atoms with Crippen molar-refractivity contribution in [2.24, 2.45) is 0 Å². The molecular formula is C14H17N3O2. The van der Waals surface area contributed by atoms with E-state index >= 15 is 0 Å². The van der Waals surface area contributed by atoms with Crippen LogP contribution in [0, 0.1) is 0 Å². The summed E-state index contributed by atoms with van der Waals surface area (Å²) in [6, 6.07) is 5.00. The molecule has 3 rings (SSSR count). The van der Waals surface area contributed by atoms with Gasteiger partial charge in [0.05, 0.1) is 23.1 Å². The van der Waals surface area contributed by atoms with Gasteiger partial charge in [-0.1, -0.05) is 6.42 Å². The van der Waals surface area contributed by atoms with Crippen molar-refractivity contribution in [3.63, 3.8) is 0 Å². The number of imidazole rings is 1. The van der Waals surface area contributed by atoms with Crippen molar-refractivity contribution in [1.82, 2.24) is 14.9 Å². The average molecular weight is 259 g/mol. The first-order valence-electron chi connectivity index (χ1n) is 6.67. The molecular weight excluding hydrogens is 242 g/mol. The van der Waals surface area contributed by atoms with Gasteiger partial charge in [0.25, 0.3) is 0 Å². The molecule has 1 aromatic heterocycles. The summed E-state index contributed by atoms with van der Waals surface area (Å²) >= 11 is 0. The van der Waals surface area contributed by atoms with Crippen LogP contribution < -0.4 is 0 Å². The number of aromatic carboxylic acids is 1. The number of aromatic nitrogens is 2. The molecule has 1 fully saturated rings. The fourth-order valence-electron chi connectivity index (χ4n) is 2.60. The zero-order chi connectivity index (χ0) is 13.2. The Labute approximate surface area is 111 Å². The monoisotopic (exact) mass is 259 g/mol. The van der Waals surface area contributed by atoms with E-state index in [1.807, 2.05) is 0 Å². The van der Waals surface area contributed by atoms with E-state index < -0.39 is 5.97 Å². The first-order valence-corrected chi connectivity index (χ1v) is 6.67. The molecule has 0 spiro atoms. The smallest absolute Gasteiger partial charge is 0.335 e. The summed E-state index contributed by atoms with van der Waals surface area (Å²) in [5, 5.41) is 8.97. The van der Waals surface area contributed by atoms with E-state index in [4.69, 9.17) is 5.11 Å². The average Bonchev–Trinajstić information content (AvgIpc) is 2.80. The third-order valence-corrected chi connectivity index (χ3v) is 3.60. The van der Waals surface area contributed by atoms with Crippen LogP contribution >= 0.6 is 0 Å². The van der Waals surface area contributed by atoms with E-state index in [0.29, 0.717) is 5.56 Å². The lowest BCUT2D eigenvalue weighted by molar-refractivity contribution is 0.0697. The number of aromatic amines is 1. The minimum atomic E-state index is -0.908. The van der Waals surface area contributed by atoms with Gasteiger partial charge in [0.15, 0.2) is 0 Å². The number of rotatable bonds is 3. The van der Waals surface area contributed by atoms with Crippen molar-refractivity contribution in [1.29, 1.82) is 0 Å². The highest BCUT2D eigenvalue weighted by molar-refractivity contribution is 5.92. The van der Waals surface area contributed by atoms with Crippen LogP contribution in [0.2, 0.25) is 0 Å². The van der Waals surface area contributed by atoms with Crippen LogP contribution in [0.1, 0.15) is 35.4 Å². The zero-order valence-corrected chi connectivity index (χ0v) is 10.7. The molecule has 5 heteroatoms. The number of piperidine rings is 1. The summed E-state index contributed by atoms with van der Waals surface area (Å²) in [6.45, 7) is 3.06. The van der Waals surface area contributed by atoms with Gasteiger partial charge in [0.1, 0.15) is 5.82 Å². The second kappa shape index (κ2) is 5.01. The van der Waals surface area contributed by atoms with Crippen LogP contribution in [0.25, 0.3) is 11.0 Å². The number of likely N-dealkylation sites (tertiary alicyclic amines) is 1. The Hall–Kier alpha value is -1.88. The number of benzene rings is 1. The molecule has 5 nitrogen and oxygen atoms in total. The zero-order valence-electron chi connectivity index (χ0n) is 10.7. The van der Waals surface area contributed by atoms with Crippen molar-refractivity contribution in [3.05, 3.63) is 29.6 Å². The summed E-state index contributed by atoms with van der Waals surface area (Å²) in [6.07, 6.45) is 3.82. The van der Waals surface area contributed by atoms with Crippen molar-refractivity contribution < 1.29 is 9.90 Å². The minimum Gasteiger partial charge on any atom is -0.478 e. The predicted octanol–water partition coefficient (Wildman–Crippen LogP) is 2.25. The maximum Gasteiger partial charge on any atom is 0.335 e. The SMILES string of the molecule is O=C(O)c1ccc2nc(CN3CCCCC3)[nH]c2c1. The van der Waals surface area contributed by atoms with Gasteiger partial charge >= 0.3 is 5.97 Å². The fourth-order valence-corrected chi connectivity index (χ4v) is 2.60. The van der Waals surface area contributed by atoms with E-state index in [1.165, 1.54) is 19.3 Å². The minimum absolute atomic E-state index is 0.292. The molecule has 0 aliphatic carbocycles. The predicted molar refractivity (Wildman–Crippen MR) is 72.2 cm³/mol. The van der Waals surface area contributed by atoms with Gasteiger partial charge < -0.3 is 10.1 Å². The molecule has 0 radical (unpaired) electrons. The highest BCUT2D eigenvalue weighted by Gasteiger charge is 2.13. The Morgan fingerprint density at radius 2 is 2.11 bits per heavy atom. The number of carbonyl (C=O) groups is 1. The van der Waals surface area contributed by atoms with Gasteiger partial charge in [-0.2, -0.15) is 0 Å². The van der Waals surface area contributed by atoms with E-state index in [-0.39, 0.29) is 0 Å². The van der Waals surface area contributed by atoms with Gasteiger partial charge in [-0.25, -0.2) is 9.78 Å². The molecule has 1 saturated heterocycles. The summed E-state index contributed by atoms with van der Waals surface area (Å²) in [4.78, 5) is 21.1. The number of carboxylic acid groups (broad SMARTS) is 1. The highest BCUT2D eigenvalue weighted by atomic mass is 16.4. The van der Waals surface area contributed by atoms with E-state index in [0.717, 1.165) is 36.5 Å². The summed E-state index contributed by atoms with van der Waals surface area (Å²) in [5.41, 5.74) is 1.92. The largest absolute Gasteiger partial charge is 0.478 e. The van der Waals surface area contributed by atoms with Gasteiger partial charge in [0.2, 0.25) is 0 Å². The molecule has 0 amide bonds. The Kier molecular flexibility index (Phi) is 3.21. The second-order valence-electron chi connectivity index (χ2n) is 5.06. The Balaban J connectivity index is 1.82. The lowest BCUT2D eigenvalue weighted by Gasteiger charge is -2.25. The maximum atomic E-state index is 10.9. The van der Waals surface area contributed by atoms with Crippen molar-refractivity contribution in [2.75, 3.05) is 13.1 Å². The molecule has 1 aliphatic rings. The number of hydrogen-bond donors (Lipinski definition) is 2. The number of nitrogens with zero attached hydrogens (tertiary/aromatic N) is 2. The number of carboxylic acids is 1. The van der Waals surface area contributed by atoms with Gasteiger partial charge in [-0.05, 0) is 44.1 Å². The summed E-state index contributed by atoms with van der Waals surface area (Å²) < 4.78 is 0. The maximum absolute atomic E-state index is 10.9. The number of H-pyrrole nitrogens is 1. The van der Waals surface area contributed by atoms with Crippen molar-refractivity contribution in [3.8, 4) is 0 Å². The molecule has 0 bridgehead atoms. The summed E-state index contributed by atoms with van der Waals surface area (Å²) in [7, 11) is 0. The van der Waals surface area contributed by atoms with Crippen LogP contribution in [-0.2, 0) is 6.54 Å². The molecule has 2 heterocycles. The molecule has 100 valence electrons. The molecule has 0 saturated carbocycles. The molecule has 2 aromatic rings. The number of hydrogen-bond acceptors (Lipinski definition) is 3. The lowest BCUT2D eigenvalue weighted by Crippen LogP contribution is -2.29. The van der Waals surface area contributed by atoms with Crippen LogP contribution in [0.4, 0.5) is 0 Å². The van der Waals surface area contributed by atoms with E-state index in [9.17, 15) is 4.79 Å². The fraction of sp³-hybridized carbons (Fsp3) is 0.429. The molecule has 0 unspecified atom stereocenters. The third kappa shape index (κ3) is 2.61. The Morgan fingerprint density at radius 3 is 2.84 bits per heavy atom. The summed E-state index contributed by atoms with van der Waals surface area (Å²) in [5.74, 6) is 0.00789. The van der Waals surface area contributed by atoms with Crippen molar-refractivity contribution in [2.45, 2.75) is 25.8 Å². The van der Waals surface area contributed by atoms with Crippen LogP contribution in [-0.4, -0.2) is 39.0 Å². The quantitative estimate of drug-likeness (QED) is 0.887. The van der Waals surface area contributed by atoms with Crippen LogP contribution in [0.5, 0.6) is 0 Å². The van der Waals surface area contributed by atoms with Gasteiger partial charge in [-0.15, -0.1) is 0 Å². The number of fused-ring (bicyclic) bond motifs is 1. The highest BCUT2D eigenvalue weighted by Crippen LogP contribution is 2.16. The third-order valence-electron chi connectivity index (χ3n) is 3.60. The van der Waals surface area contributed by atoms with E-state index in [1.54, 1.807) is 18.2 Å². The first kappa shape index (κ1) is 12.2. The lowest BCUT2D eigenvalue weighted by atomic mass is 10.1. The standard InChI is InChI=1S/C14H17N3O2/c18-14(19)10-4-5-11-12(8-10)16-13(15-11)9-17-6-2-1-3-7-17/h4-5,8H,1-3,6-7,9H2,(H,15,16)(H,18,19). The molecule has 1 aromatic carbocycles. The molecule has 2 N–H and O–H groups in total. The van der Waals surface area contributed by atoms with Crippen LogP contribution in [0.3, 0.4) is 0 Å². The second-order valence-corrected chi connectivity index (χ2v) is 5.06. The Morgan fingerprint density at radius 1 is 1.32 bits per heavy atom.